The van der Waals surface area contributed by atoms with Crippen molar-refractivity contribution in [1.29, 1.82) is 0 Å². The molecule has 2 aromatic rings. The molecule has 3 N–H and O–H groups in total. The normalized spacial score (nSPS) is 22.2. The van der Waals surface area contributed by atoms with Crippen LogP contribution in [0.25, 0.3) is 0 Å². The van der Waals surface area contributed by atoms with Gasteiger partial charge in [-0.3, -0.25) is 19.2 Å². The number of hydrogen-bond donors (Lipinski definition) is 3. The number of nitrogens with one attached hydrogen (secondary N) is 3. The molecule has 3 atom stereocenters. The highest BCUT2D eigenvalue weighted by molar-refractivity contribution is 7.99. The zero-order chi connectivity index (χ0) is 23.5. The van der Waals surface area contributed by atoms with Crippen molar-refractivity contribution in [1.82, 2.24) is 16.0 Å². The fraction of sp³-hybridized carbons (Fsp3) is 0.304. The van der Waals surface area contributed by atoms with Crippen LogP contribution in [0.2, 0.25) is 5.02 Å². The lowest BCUT2D eigenvalue weighted by molar-refractivity contribution is -0.130. The zero-order valence-electron chi connectivity index (χ0n) is 17.8. The first kappa shape index (κ1) is 23.1. The molecule has 4 rings (SSSR count). The molecule has 1 saturated heterocycles. The van der Waals surface area contributed by atoms with Crippen molar-refractivity contribution in [2.24, 2.45) is 0 Å². The molecule has 1 fully saturated rings. The number of amides is 4. The van der Waals surface area contributed by atoms with Crippen LogP contribution >= 0.6 is 23.4 Å². The SMILES string of the molecule is CNC(=O)CN1C(=O)[C@@H](NC(=O)[C@@H]2CCC(=O)N2)[C@H](c2ccccc2)Sc2cc(Cl)ccc21. The quantitative estimate of drug-likeness (QED) is 0.599. The fourth-order valence-corrected chi connectivity index (χ4v) is 5.54. The van der Waals surface area contributed by atoms with Crippen LogP contribution in [-0.2, 0) is 19.2 Å². The fourth-order valence-electron chi connectivity index (χ4n) is 3.92. The Balaban J connectivity index is 1.76. The maximum atomic E-state index is 13.8. The first-order valence-corrected chi connectivity index (χ1v) is 11.8. The molecular weight excluding hydrogens is 464 g/mol. The van der Waals surface area contributed by atoms with Gasteiger partial charge in [-0.05, 0) is 30.2 Å². The molecule has 0 unspecified atom stereocenters. The Bertz CT molecular complexity index is 1100. The Hall–Kier alpha value is -3.04. The van der Waals surface area contributed by atoms with Crippen molar-refractivity contribution in [2.75, 3.05) is 18.5 Å². The minimum absolute atomic E-state index is 0.195. The second-order valence-electron chi connectivity index (χ2n) is 7.80. The molecule has 2 aliphatic rings. The highest BCUT2D eigenvalue weighted by Gasteiger charge is 2.41. The average Bonchev–Trinajstić information content (AvgIpc) is 3.22. The molecule has 10 heteroatoms. The molecule has 0 aromatic heterocycles. The van der Waals surface area contributed by atoms with E-state index in [9.17, 15) is 19.2 Å². The van der Waals surface area contributed by atoms with Gasteiger partial charge in [-0.2, -0.15) is 0 Å². The number of carbonyl (C=O) groups excluding carboxylic acids is 4. The largest absolute Gasteiger partial charge is 0.358 e. The topological polar surface area (TPSA) is 108 Å². The van der Waals surface area contributed by atoms with E-state index in [0.29, 0.717) is 17.1 Å². The number of rotatable bonds is 5. The van der Waals surface area contributed by atoms with E-state index in [1.54, 1.807) is 18.2 Å². The van der Waals surface area contributed by atoms with Crippen molar-refractivity contribution in [2.45, 2.75) is 35.1 Å². The van der Waals surface area contributed by atoms with Crippen molar-refractivity contribution >= 4 is 52.7 Å². The van der Waals surface area contributed by atoms with Gasteiger partial charge in [0.15, 0.2) is 0 Å². The van der Waals surface area contributed by atoms with Gasteiger partial charge in [0.05, 0.1) is 10.9 Å². The Morgan fingerprint density at radius 3 is 2.61 bits per heavy atom. The highest BCUT2D eigenvalue weighted by Crippen LogP contribution is 2.46. The summed E-state index contributed by atoms with van der Waals surface area (Å²) in [7, 11) is 1.50. The Labute approximate surface area is 200 Å². The van der Waals surface area contributed by atoms with Gasteiger partial charge >= 0.3 is 0 Å². The summed E-state index contributed by atoms with van der Waals surface area (Å²) >= 11 is 7.66. The molecule has 2 aliphatic heterocycles. The predicted molar refractivity (Wildman–Crippen MR) is 126 cm³/mol. The Morgan fingerprint density at radius 2 is 1.94 bits per heavy atom. The Kier molecular flexibility index (Phi) is 6.90. The highest BCUT2D eigenvalue weighted by atomic mass is 35.5. The number of benzene rings is 2. The third-order valence-electron chi connectivity index (χ3n) is 5.62. The van der Waals surface area contributed by atoms with Gasteiger partial charge < -0.3 is 20.9 Å². The van der Waals surface area contributed by atoms with Gasteiger partial charge in [-0.15, -0.1) is 11.8 Å². The van der Waals surface area contributed by atoms with E-state index in [4.69, 9.17) is 11.6 Å². The average molecular weight is 487 g/mol. The van der Waals surface area contributed by atoms with Gasteiger partial charge in [-0.25, -0.2) is 0 Å². The molecule has 0 radical (unpaired) electrons. The van der Waals surface area contributed by atoms with Crippen molar-refractivity contribution in [3.8, 4) is 0 Å². The molecule has 8 nitrogen and oxygen atoms in total. The molecule has 2 aromatic carbocycles. The molecule has 0 bridgehead atoms. The number of anilines is 1. The summed E-state index contributed by atoms with van der Waals surface area (Å²) in [6, 6.07) is 12.8. The summed E-state index contributed by atoms with van der Waals surface area (Å²) in [5, 5.41) is 8.06. The van der Waals surface area contributed by atoms with E-state index in [1.165, 1.54) is 23.7 Å². The van der Waals surface area contributed by atoms with Gasteiger partial charge in [0, 0.05) is 23.4 Å². The van der Waals surface area contributed by atoms with E-state index in [0.717, 1.165) is 10.5 Å². The number of nitrogens with zero attached hydrogens (tertiary/aromatic N) is 1. The number of halogens is 1. The van der Waals surface area contributed by atoms with Crippen molar-refractivity contribution < 1.29 is 19.2 Å². The lowest BCUT2D eigenvalue weighted by atomic mass is 10.0. The van der Waals surface area contributed by atoms with Crippen LogP contribution in [0.4, 0.5) is 5.69 Å². The zero-order valence-corrected chi connectivity index (χ0v) is 19.4. The molecule has 4 amide bonds. The minimum Gasteiger partial charge on any atom is -0.358 e. The van der Waals surface area contributed by atoms with E-state index < -0.39 is 29.1 Å². The van der Waals surface area contributed by atoms with Crippen LogP contribution in [0.15, 0.2) is 53.4 Å². The monoisotopic (exact) mass is 486 g/mol. The maximum Gasteiger partial charge on any atom is 0.251 e. The van der Waals surface area contributed by atoms with Crippen LogP contribution in [0.3, 0.4) is 0 Å². The van der Waals surface area contributed by atoms with Gasteiger partial charge in [0.25, 0.3) is 5.91 Å². The molecule has 0 aliphatic carbocycles. The van der Waals surface area contributed by atoms with E-state index in [2.05, 4.69) is 16.0 Å². The molecule has 2 heterocycles. The van der Waals surface area contributed by atoms with Gasteiger partial charge in [0.1, 0.15) is 18.6 Å². The molecular formula is C23H23ClN4O4S. The first-order chi connectivity index (χ1) is 15.9. The Morgan fingerprint density at radius 1 is 1.18 bits per heavy atom. The third-order valence-corrected chi connectivity index (χ3v) is 7.23. The van der Waals surface area contributed by atoms with Crippen LogP contribution in [0.1, 0.15) is 23.7 Å². The van der Waals surface area contributed by atoms with Gasteiger partial charge in [-0.1, -0.05) is 41.9 Å². The van der Waals surface area contributed by atoms with Crippen LogP contribution in [0.5, 0.6) is 0 Å². The standard InChI is InChI=1S/C23H23ClN4O4S/c1-25-19(30)12-28-16-9-7-14(24)11-17(16)33-21(13-5-3-2-4-6-13)20(23(28)32)27-22(31)15-8-10-18(29)26-15/h2-7,9,11,15,20-21H,8,10,12H2,1H3,(H,25,30)(H,26,29)(H,27,31)/t15-,20-,21-/m0/s1. The van der Waals surface area contributed by atoms with E-state index in [-0.39, 0.29) is 24.8 Å². The lowest BCUT2D eigenvalue weighted by Gasteiger charge is -2.29. The minimum atomic E-state index is -0.974. The van der Waals surface area contributed by atoms with Crippen molar-refractivity contribution in [3.63, 3.8) is 0 Å². The summed E-state index contributed by atoms with van der Waals surface area (Å²) in [4.78, 5) is 52.8. The first-order valence-electron chi connectivity index (χ1n) is 10.5. The number of thioether (sulfide) groups is 1. The lowest BCUT2D eigenvalue weighted by Crippen LogP contribution is -2.55. The summed E-state index contributed by atoms with van der Waals surface area (Å²) in [5.74, 6) is -1.39. The van der Waals surface area contributed by atoms with Gasteiger partial charge in [0.2, 0.25) is 17.7 Å². The number of fused-ring (bicyclic) bond motifs is 1. The second-order valence-corrected chi connectivity index (χ2v) is 9.42. The third kappa shape index (κ3) is 4.99. The van der Waals surface area contributed by atoms with Crippen molar-refractivity contribution in [3.05, 3.63) is 59.1 Å². The summed E-state index contributed by atoms with van der Waals surface area (Å²) in [5.41, 5.74) is 1.38. The number of carbonyl (C=O) groups is 4. The van der Waals surface area contributed by atoms with Crippen LogP contribution in [0, 0.1) is 0 Å². The van der Waals surface area contributed by atoms with Crippen LogP contribution in [-0.4, -0.2) is 49.3 Å². The molecule has 0 spiro atoms. The van der Waals surface area contributed by atoms with E-state index in [1.807, 2.05) is 30.3 Å². The smallest absolute Gasteiger partial charge is 0.251 e. The summed E-state index contributed by atoms with van der Waals surface area (Å²) < 4.78 is 0. The maximum absolute atomic E-state index is 13.8. The van der Waals surface area contributed by atoms with Crippen LogP contribution < -0.4 is 20.9 Å². The summed E-state index contributed by atoms with van der Waals surface area (Å²) in [6.07, 6.45) is 0.632. The van der Waals surface area contributed by atoms with E-state index >= 15 is 0 Å². The molecule has 0 saturated carbocycles. The predicted octanol–water partition coefficient (Wildman–Crippen LogP) is 2.03. The summed E-state index contributed by atoms with van der Waals surface area (Å²) in [6.45, 7) is -0.210. The molecule has 33 heavy (non-hydrogen) atoms. The number of likely N-dealkylation sites (N-methyl/N-ethyl adjacent to an activating group) is 1. The number of hydrogen-bond acceptors (Lipinski definition) is 5. The molecule has 172 valence electrons. The second kappa shape index (κ2) is 9.84.